The third kappa shape index (κ3) is 4.04. The number of unbranched alkanes of at least 4 members (excludes halogenated alkanes) is 1. The van der Waals surface area contributed by atoms with E-state index in [2.05, 4.69) is 22.9 Å². The van der Waals surface area contributed by atoms with E-state index in [9.17, 15) is 8.78 Å². The molecule has 112 valence electrons. The molecule has 0 radical (unpaired) electrons. The van der Waals surface area contributed by atoms with Crippen LogP contribution in [0.25, 0.3) is 0 Å². The summed E-state index contributed by atoms with van der Waals surface area (Å²) in [6.07, 6.45) is 3.26. The van der Waals surface area contributed by atoms with Gasteiger partial charge in [-0.15, -0.1) is 11.6 Å². The summed E-state index contributed by atoms with van der Waals surface area (Å²) in [5, 5.41) is -0.835. The van der Waals surface area contributed by atoms with Crippen molar-refractivity contribution in [1.82, 2.24) is 0 Å². The van der Waals surface area contributed by atoms with Gasteiger partial charge in [0.25, 0.3) is 0 Å². The van der Waals surface area contributed by atoms with Crippen molar-refractivity contribution in [2.45, 2.75) is 31.6 Å². The molecule has 0 aliphatic heterocycles. The minimum absolute atomic E-state index is 0.110. The van der Waals surface area contributed by atoms with Crippen molar-refractivity contribution in [2.24, 2.45) is 0 Å². The second-order valence-electron chi connectivity index (χ2n) is 4.99. The molecule has 0 N–H and O–H groups in total. The Morgan fingerprint density at radius 1 is 1.10 bits per heavy atom. The van der Waals surface area contributed by atoms with E-state index in [1.54, 1.807) is 0 Å². The molecule has 2 rings (SSSR count). The van der Waals surface area contributed by atoms with E-state index < -0.39 is 17.0 Å². The lowest BCUT2D eigenvalue weighted by Gasteiger charge is -2.13. The summed E-state index contributed by atoms with van der Waals surface area (Å²) in [5.74, 6) is -1.28. The molecule has 0 spiro atoms. The number of rotatable bonds is 5. The van der Waals surface area contributed by atoms with E-state index in [0.29, 0.717) is 10.0 Å². The molecule has 2 aromatic rings. The van der Waals surface area contributed by atoms with E-state index in [1.807, 2.05) is 24.3 Å². The lowest BCUT2D eigenvalue weighted by Crippen LogP contribution is -2.01. The number of hydrogen-bond donors (Lipinski definition) is 0. The monoisotopic (exact) mass is 372 g/mol. The molecule has 2 aromatic carbocycles. The van der Waals surface area contributed by atoms with Gasteiger partial charge in [0.1, 0.15) is 11.6 Å². The van der Waals surface area contributed by atoms with Gasteiger partial charge in [-0.25, -0.2) is 8.78 Å². The normalized spacial score (nSPS) is 12.4. The Labute approximate surface area is 137 Å². The van der Waals surface area contributed by atoms with Crippen molar-refractivity contribution < 1.29 is 8.78 Å². The van der Waals surface area contributed by atoms with Crippen LogP contribution < -0.4 is 0 Å². The van der Waals surface area contributed by atoms with Crippen LogP contribution in [0.2, 0.25) is 0 Å². The number of alkyl halides is 1. The lowest BCUT2D eigenvalue weighted by atomic mass is 10.0. The smallest absolute Gasteiger partial charge is 0.132 e. The highest BCUT2D eigenvalue weighted by Gasteiger charge is 2.20. The Morgan fingerprint density at radius 2 is 1.67 bits per heavy atom. The Balaban J connectivity index is 2.26. The van der Waals surface area contributed by atoms with Crippen LogP contribution in [0.5, 0.6) is 0 Å². The van der Waals surface area contributed by atoms with Crippen molar-refractivity contribution in [3.63, 3.8) is 0 Å². The Bertz CT molecular complexity index is 588. The molecule has 21 heavy (non-hydrogen) atoms. The lowest BCUT2D eigenvalue weighted by molar-refractivity contribution is 0.557. The quantitative estimate of drug-likeness (QED) is 0.532. The van der Waals surface area contributed by atoms with Crippen molar-refractivity contribution in [2.75, 3.05) is 0 Å². The minimum Gasteiger partial charge on any atom is -0.206 e. The largest absolute Gasteiger partial charge is 0.206 e. The van der Waals surface area contributed by atoms with E-state index in [4.69, 9.17) is 11.6 Å². The number of halogens is 4. The van der Waals surface area contributed by atoms with Crippen LogP contribution in [0.4, 0.5) is 8.78 Å². The first kappa shape index (κ1) is 16.4. The van der Waals surface area contributed by atoms with Crippen LogP contribution in [-0.4, -0.2) is 0 Å². The van der Waals surface area contributed by atoms with E-state index in [0.717, 1.165) is 19.3 Å². The Morgan fingerprint density at radius 3 is 2.19 bits per heavy atom. The Hall–Kier alpha value is -0.930. The summed E-state index contributed by atoms with van der Waals surface area (Å²) in [7, 11) is 0. The molecule has 0 saturated heterocycles. The van der Waals surface area contributed by atoms with Crippen LogP contribution in [0, 0.1) is 11.6 Å². The van der Waals surface area contributed by atoms with Crippen LogP contribution >= 0.6 is 27.5 Å². The van der Waals surface area contributed by atoms with Gasteiger partial charge in [-0.2, -0.15) is 0 Å². The molecular formula is C17H16BrClF2. The van der Waals surface area contributed by atoms with Gasteiger partial charge in [0.2, 0.25) is 0 Å². The van der Waals surface area contributed by atoms with Gasteiger partial charge in [-0.1, -0.05) is 53.5 Å². The Kier molecular flexibility index (Phi) is 5.77. The van der Waals surface area contributed by atoms with Gasteiger partial charge in [-0.05, 0) is 36.1 Å². The molecular weight excluding hydrogens is 358 g/mol. The van der Waals surface area contributed by atoms with Crippen LogP contribution in [0.3, 0.4) is 0 Å². The number of aryl methyl sites for hydroxylation is 1. The maximum absolute atomic E-state index is 13.9. The molecule has 0 bridgehead atoms. The summed E-state index contributed by atoms with van der Waals surface area (Å²) in [6, 6.07) is 10.1. The molecule has 4 heteroatoms. The highest BCUT2D eigenvalue weighted by molar-refractivity contribution is 9.10. The molecule has 0 fully saturated rings. The SMILES string of the molecule is CCCCc1ccc(C(Cl)c2c(F)cc(Br)cc2F)cc1. The van der Waals surface area contributed by atoms with E-state index in [-0.39, 0.29) is 5.56 Å². The molecule has 0 saturated carbocycles. The van der Waals surface area contributed by atoms with Crippen molar-refractivity contribution in [1.29, 1.82) is 0 Å². The van der Waals surface area contributed by atoms with Gasteiger partial charge in [0, 0.05) is 10.0 Å². The first-order valence-electron chi connectivity index (χ1n) is 6.90. The van der Waals surface area contributed by atoms with Crippen molar-refractivity contribution in [3.8, 4) is 0 Å². The average Bonchev–Trinajstić information content (AvgIpc) is 2.44. The van der Waals surface area contributed by atoms with Gasteiger partial charge in [-0.3, -0.25) is 0 Å². The zero-order chi connectivity index (χ0) is 15.4. The fraction of sp³-hybridized carbons (Fsp3) is 0.294. The van der Waals surface area contributed by atoms with Crippen molar-refractivity contribution >= 4 is 27.5 Å². The molecule has 0 aliphatic rings. The molecule has 0 aliphatic carbocycles. The highest BCUT2D eigenvalue weighted by atomic mass is 79.9. The average molecular weight is 374 g/mol. The first-order chi connectivity index (χ1) is 10.0. The second kappa shape index (κ2) is 7.37. The molecule has 0 heterocycles. The van der Waals surface area contributed by atoms with Gasteiger partial charge in [0.05, 0.1) is 5.38 Å². The van der Waals surface area contributed by atoms with Crippen LogP contribution in [0.1, 0.15) is 41.8 Å². The topological polar surface area (TPSA) is 0 Å². The second-order valence-corrected chi connectivity index (χ2v) is 6.34. The minimum atomic E-state index is -0.835. The summed E-state index contributed by atoms with van der Waals surface area (Å²) in [5.41, 5.74) is 1.79. The summed E-state index contributed by atoms with van der Waals surface area (Å²) in [4.78, 5) is 0. The highest BCUT2D eigenvalue weighted by Crippen LogP contribution is 2.34. The molecule has 1 atom stereocenters. The zero-order valence-electron chi connectivity index (χ0n) is 11.7. The van der Waals surface area contributed by atoms with Crippen LogP contribution in [-0.2, 0) is 6.42 Å². The van der Waals surface area contributed by atoms with Crippen LogP contribution in [0.15, 0.2) is 40.9 Å². The predicted molar refractivity (Wildman–Crippen MR) is 86.8 cm³/mol. The standard InChI is InChI=1S/C17H16BrClF2/c1-2-3-4-11-5-7-12(8-6-11)17(19)16-14(20)9-13(18)10-15(16)21/h5-10,17H,2-4H2,1H3. The van der Waals surface area contributed by atoms with Crippen molar-refractivity contribution in [3.05, 3.63) is 69.2 Å². The summed E-state index contributed by atoms with van der Waals surface area (Å²) < 4.78 is 28.2. The third-order valence-corrected chi connectivity index (χ3v) is 4.32. The van der Waals surface area contributed by atoms with E-state index in [1.165, 1.54) is 17.7 Å². The fourth-order valence-electron chi connectivity index (χ4n) is 2.20. The maximum Gasteiger partial charge on any atom is 0.132 e. The van der Waals surface area contributed by atoms with E-state index >= 15 is 0 Å². The number of benzene rings is 2. The van der Waals surface area contributed by atoms with Gasteiger partial charge in [0.15, 0.2) is 0 Å². The molecule has 0 aromatic heterocycles. The van der Waals surface area contributed by atoms with Gasteiger partial charge < -0.3 is 0 Å². The molecule has 0 amide bonds. The van der Waals surface area contributed by atoms with Gasteiger partial charge >= 0.3 is 0 Å². The third-order valence-electron chi connectivity index (χ3n) is 3.39. The summed E-state index contributed by atoms with van der Waals surface area (Å²) >= 11 is 9.32. The first-order valence-corrected chi connectivity index (χ1v) is 8.13. The summed E-state index contributed by atoms with van der Waals surface area (Å²) in [6.45, 7) is 2.14. The predicted octanol–water partition coefficient (Wildman–Crippen LogP) is 6.40. The molecule has 1 unspecified atom stereocenters. The number of hydrogen-bond acceptors (Lipinski definition) is 0. The fourth-order valence-corrected chi connectivity index (χ4v) is 2.95. The maximum atomic E-state index is 13.9. The molecule has 0 nitrogen and oxygen atoms in total. The zero-order valence-corrected chi connectivity index (χ0v) is 14.0.